The summed E-state index contributed by atoms with van der Waals surface area (Å²) in [5.41, 5.74) is 3.64. The molecular weight excluding hydrogens is 264 g/mol. The number of hydrogen-bond acceptors (Lipinski definition) is 4. The van der Waals surface area contributed by atoms with Crippen LogP contribution in [0.3, 0.4) is 0 Å². The molecular formula is C15H12N6. The minimum Gasteiger partial charge on any atom is -0.236 e. The van der Waals surface area contributed by atoms with Crippen LogP contribution in [0.2, 0.25) is 0 Å². The summed E-state index contributed by atoms with van der Waals surface area (Å²) in [6.07, 6.45) is 7.24. The Labute approximate surface area is 120 Å². The normalized spacial score (nSPS) is 11.1. The van der Waals surface area contributed by atoms with E-state index in [9.17, 15) is 0 Å². The average molecular weight is 276 g/mol. The van der Waals surface area contributed by atoms with Crippen molar-refractivity contribution in [3.63, 3.8) is 0 Å². The van der Waals surface area contributed by atoms with Crippen molar-refractivity contribution < 1.29 is 0 Å². The van der Waals surface area contributed by atoms with Crippen molar-refractivity contribution in [2.45, 2.75) is 6.92 Å². The first kappa shape index (κ1) is 11.8. The molecule has 0 saturated heterocycles. The predicted molar refractivity (Wildman–Crippen MR) is 78.1 cm³/mol. The van der Waals surface area contributed by atoms with Gasteiger partial charge in [0.15, 0.2) is 11.5 Å². The van der Waals surface area contributed by atoms with Gasteiger partial charge in [-0.25, -0.2) is 19.2 Å². The number of rotatable bonds is 2. The maximum atomic E-state index is 4.51. The molecule has 0 aromatic carbocycles. The molecule has 4 rings (SSSR count). The third-order valence-electron chi connectivity index (χ3n) is 3.28. The molecule has 6 nitrogen and oxygen atoms in total. The van der Waals surface area contributed by atoms with E-state index in [1.54, 1.807) is 21.6 Å². The van der Waals surface area contributed by atoms with Gasteiger partial charge in [-0.2, -0.15) is 10.2 Å². The molecule has 0 radical (unpaired) electrons. The van der Waals surface area contributed by atoms with E-state index in [1.807, 2.05) is 49.6 Å². The van der Waals surface area contributed by atoms with Crippen molar-refractivity contribution in [2.75, 3.05) is 0 Å². The Kier molecular flexibility index (Phi) is 2.53. The fraction of sp³-hybridized carbons (Fsp3) is 0.0667. The number of hydrogen-bond donors (Lipinski definition) is 0. The van der Waals surface area contributed by atoms with Crippen LogP contribution in [0.1, 0.15) is 5.69 Å². The molecule has 0 bridgehead atoms. The third-order valence-corrected chi connectivity index (χ3v) is 3.28. The van der Waals surface area contributed by atoms with E-state index in [1.165, 1.54) is 0 Å². The highest BCUT2D eigenvalue weighted by Crippen LogP contribution is 2.21. The van der Waals surface area contributed by atoms with Gasteiger partial charge in [-0.3, -0.25) is 0 Å². The first-order chi connectivity index (χ1) is 10.3. The summed E-state index contributed by atoms with van der Waals surface area (Å²) in [4.78, 5) is 8.90. The van der Waals surface area contributed by atoms with E-state index in [-0.39, 0.29) is 0 Å². The second-order valence-electron chi connectivity index (χ2n) is 4.74. The van der Waals surface area contributed by atoms with Crippen molar-refractivity contribution in [3.05, 3.63) is 60.8 Å². The van der Waals surface area contributed by atoms with Gasteiger partial charge in [-0.05, 0) is 25.1 Å². The number of aromatic nitrogens is 6. The fourth-order valence-electron chi connectivity index (χ4n) is 2.29. The Hall–Kier alpha value is -3.02. The van der Waals surface area contributed by atoms with Gasteiger partial charge in [0.1, 0.15) is 0 Å². The first-order valence-corrected chi connectivity index (χ1v) is 6.59. The average Bonchev–Trinajstić information content (AvgIpc) is 3.15. The Morgan fingerprint density at radius 3 is 2.81 bits per heavy atom. The van der Waals surface area contributed by atoms with Crippen LogP contribution in [0, 0.1) is 6.92 Å². The van der Waals surface area contributed by atoms with E-state index in [0.717, 1.165) is 28.4 Å². The summed E-state index contributed by atoms with van der Waals surface area (Å²) in [6, 6.07) is 9.67. The smallest absolute Gasteiger partial charge is 0.154 e. The molecule has 102 valence electrons. The van der Waals surface area contributed by atoms with E-state index in [2.05, 4.69) is 20.2 Å². The Morgan fingerprint density at radius 1 is 1.00 bits per heavy atom. The molecule has 0 atom stereocenters. The second-order valence-corrected chi connectivity index (χ2v) is 4.74. The molecule has 6 heteroatoms. The van der Waals surface area contributed by atoms with Gasteiger partial charge in [0.2, 0.25) is 0 Å². The van der Waals surface area contributed by atoms with Gasteiger partial charge in [0.05, 0.1) is 18.1 Å². The topological polar surface area (TPSA) is 60.9 Å². The van der Waals surface area contributed by atoms with E-state index in [4.69, 9.17) is 0 Å². The zero-order chi connectivity index (χ0) is 14.2. The molecule has 0 saturated carbocycles. The maximum Gasteiger partial charge on any atom is 0.154 e. The number of aryl methyl sites for hydroxylation is 1. The molecule has 0 aliphatic heterocycles. The number of pyridine rings is 1. The summed E-state index contributed by atoms with van der Waals surface area (Å²) in [5.74, 6) is 0.788. The monoisotopic (exact) mass is 276 g/mol. The highest BCUT2D eigenvalue weighted by atomic mass is 15.3. The van der Waals surface area contributed by atoms with Gasteiger partial charge in [0.25, 0.3) is 0 Å². The predicted octanol–water partition coefficient (Wildman–Crippen LogP) is 2.29. The van der Waals surface area contributed by atoms with Gasteiger partial charge < -0.3 is 0 Å². The largest absolute Gasteiger partial charge is 0.236 e. The summed E-state index contributed by atoms with van der Waals surface area (Å²) in [6.45, 7) is 1.96. The number of fused-ring (bicyclic) bond motifs is 1. The van der Waals surface area contributed by atoms with Crippen LogP contribution in [-0.2, 0) is 0 Å². The van der Waals surface area contributed by atoms with Crippen LogP contribution in [0.4, 0.5) is 0 Å². The molecule has 0 aliphatic rings. The molecule has 21 heavy (non-hydrogen) atoms. The number of nitrogens with zero attached hydrogens (tertiary/aromatic N) is 6. The third kappa shape index (κ3) is 1.97. The van der Waals surface area contributed by atoms with Crippen molar-refractivity contribution in [1.29, 1.82) is 0 Å². The molecule has 0 fully saturated rings. The van der Waals surface area contributed by atoms with Gasteiger partial charge in [-0.1, -0.05) is 6.07 Å². The summed E-state index contributed by atoms with van der Waals surface area (Å²) < 4.78 is 3.55. The van der Waals surface area contributed by atoms with Crippen LogP contribution in [-0.4, -0.2) is 29.4 Å². The molecule has 0 aliphatic carbocycles. The van der Waals surface area contributed by atoms with Gasteiger partial charge in [-0.15, -0.1) is 0 Å². The lowest BCUT2D eigenvalue weighted by molar-refractivity contribution is 0.844. The lowest BCUT2D eigenvalue weighted by Crippen LogP contribution is -2.03. The van der Waals surface area contributed by atoms with Crippen LogP contribution in [0.15, 0.2) is 55.1 Å². The minimum atomic E-state index is 0.788. The quantitative estimate of drug-likeness (QED) is 0.563. The molecule has 4 aromatic rings. The highest BCUT2D eigenvalue weighted by Gasteiger charge is 2.10. The van der Waals surface area contributed by atoms with Crippen molar-refractivity contribution in [1.82, 2.24) is 29.4 Å². The van der Waals surface area contributed by atoms with Crippen LogP contribution in [0.25, 0.3) is 22.7 Å². The Bertz CT molecular complexity index is 920. The highest BCUT2D eigenvalue weighted by molar-refractivity contribution is 5.60. The van der Waals surface area contributed by atoms with Crippen molar-refractivity contribution in [3.8, 4) is 17.1 Å². The SMILES string of the molecule is Cc1cccc(-n2nccc2-c2cnc3ccnn3c2)n1. The molecule has 0 unspecified atom stereocenters. The zero-order valence-electron chi connectivity index (χ0n) is 11.4. The summed E-state index contributed by atoms with van der Waals surface area (Å²) in [7, 11) is 0. The van der Waals surface area contributed by atoms with Crippen molar-refractivity contribution >= 4 is 5.65 Å². The second kappa shape index (κ2) is 4.52. The molecule has 4 heterocycles. The minimum absolute atomic E-state index is 0.788. The summed E-state index contributed by atoms with van der Waals surface area (Å²) in [5, 5.41) is 8.58. The fourth-order valence-corrected chi connectivity index (χ4v) is 2.29. The maximum absolute atomic E-state index is 4.51. The molecule has 0 N–H and O–H groups in total. The van der Waals surface area contributed by atoms with E-state index < -0.39 is 0 Å². The lowest BCUT2D eigenvalue weighted by atomic mass is 10.2. The van der Waals surface area contributed by atoms with E-state index >= 15 is 0 Å². The zero-order valence-corrected chi connectivity index (χ0v) is 11.4. The Balaban J connectivity index is 1.88. The van der Waals surface area contributed by atoms with Crippen LogP contribution >= 0.6 is 0 Å². The molecule has 4 aromatic heterocycles. The van der Waals surface area contributed by atoms with Gasteiger partial charge >= 0.3 is 0 Å². The first-order valence-electron chi connectivity index (χ1n) is 6.59. The summed E-state index contributed by atoms with van der Waals surface area (Å²) >= 11 is 0. The standard InChI is InChI=1S/C15H12N6/c1-11-3-2-4-15(19-11)21-13(5-7-18-21)12-9-16-14-6-8-17-20(14)10-12/h2-10H,1H3. The molecule has 0 spiro atoms. The van der Waals surface area contributed by atoms with Crippen LogP contribution < -0.4 is 0 Å². The Morgan fingerprint density at radius 2 is 1.90 bits per heavy atom. The van der Waals surface area contributed by atoms with Crippen molar-refractivity contribution in [2.24, 2.45) is 0 Å². The van der Waals surface area contributed by atoms with Gasteiger partial charge in [0, 0.05) is 29.7 Å². The van der Waals surface area contributed by atoms with E-state index in [0.29, 0.717) is 0 Å². The molecule has 0 amide bonds. The van der Waals surface area contributed by atoms with Crippen LogP contribution in [0.5, 0.6) is 0 Å². The lowest BCUT2D eigenvalue weighted by Gasteiger charge is -2.07.